The van der Waals surface area contributed by atoms with Crippen LogP contribution in [-0.4, -0.2) is 25.5 Å². The lowest BCUT2D eigenvalue weighted by Gasteiger charge is -2.26. The quantitative estimate of drug-likeness (QED) is 0.344. The number of hydrazine groups is 1. The molecule has 4 heteroatoms. The van der Waals surface area contributed by atoms with Crippen molar-refractivity contribution in [1.82, 2.24) is 5.43 Å². The summed E-state index contributed by atoms with van der Waals surface area (Å²) in [5.41, 5.74) is 2.80. The predicted molar refractivity (Wildman–Crippen MR) is 66.8 cm³/mol. The van der Waals surface area contributed by atoms with Crippen molar-refractivity contribution >= 4 is 0 Å². The highest BCUT2D eigenvalue weighted by atomic mass is 16.7. The summed E-state index contributed by atoms with van der Waals surface area (Å²) in [6.07, 6.45) is 3.11. The van der Waals surface area contributed by atoms with Crippen LogP contribution in [0.3, 0.4) is 0 Å². The summed E-state index contributed by atoms with van der Waals surface area (Å²) in [6, 6.07) is 0.0821. The van der Waals surface area contributed by atoms with E-state index in [1.807, 2.05) is 13.8 Å². The van der Waals surface area contributed by atoms with Gasteiger partial charge in [0.2, 0.25) is 0 Å². The van der Waals surface area contributed by atoms with Crippen molar-refractivity contribution in [3.05, 3.63) is 0 Å². The molecule has 0 radical (unpaired) electrons. The van der Waals surface area contributed by atoms with Crippen LogP contribution >= 0.6 is 0 Å². The molecule has 1 unspecified atom stereocenters. The summed E-state index contributed by atoms with van der Waals surface area (Å²) in [5.74, 6) is 6.27. The van der Waals surface area contributed by atoms with Crippen molar-refractivity contribution < 1.29 is 9.47 Å². The summed E-state index contributed by atoms with van der Waals surface area (Å²) >= 11 is 0. The third-order valence-corrected chi connectivity index (χ3v) is 2.50. The van der Waals surface area contributed by atoms with Crippen LogP contribution in [0.2, 0.25) is 0 Å². The number of nitrogens with one attached hydrogen (secondary N) is 1. The number of hydrogen-bond acceptors (Lipinski definition) is 4. The molecule has 0 aliphatic rings. The molecule has 0 aromatic rings. The van der Waals surface area contributed by atoms with E-state index in [1.165, 1.54) is 6.42 Å². The van der Waals surface area contributed by atoms with Gasteiger partial charge in [0.1, 0.15) is 0 Å². The van der Waals surface area contributed by atoms with Crippen molar-refractivity contribution in [1.29, 1.82) is 0 Å². The minimum atomic E-state index is -0.229. The highest BCUT2D eigenvalue weighted by molar-refractivity contribution is 4.68. The van der Waals surface area contributed by atoms with Crippen LogP contribution in [0.1, 0.15) is 47.0 Å². The van der Waals surface area contributed by atoms with E-state index in [1.54, 1.807) is 0 Å². The van der Waals surface area contributed by atoms with Gasteiger partial charge < -0.3 is 9.47 Å². The fourth-order valence-corrected chi connectivity index (χ4v) is 1.65. The molecular formula is C12H28N2O2. The van der Waals surface area contributed by atoms with E-state index >= 15 is 0 Å². The smallest absolute Gasteiger partial charge is 0.173 e. The van der Waals surface area contributed by atoms with Crippen LogP contribution in [0, 0.1) is 5.92 Å². The van der Waals surface area contributed by atoms with Crippen molar-refractivity contribution in [3.63, 3.8) is 0 Å². The highest BCUT2D eigenvalue weighted by Crippen LogP contribution is 2.12. The van der Waals surface area contributed by atoms with Crippen molar-refractivity contribution in [2.45, 2.75) is 59.3 Å². The zero-order valence-electron chi connectivity index (χ0n) is 11.2. The van der Waals surface area contributed by atoms with Gasteiger partial charge >= 0.3 is 0 Å². The lowest BCUT2D eigenvalue weighted by atomic mass is 10.0. The van der Waals surface area contributed by atoms with Gasteiger partial charge in [-0.1, -0.05) is 26.7 Å². The first-order valence-corrected chi connectivity index (χ1v) is 6.34. The largest absolute Gasteiger partial charge is 0.351 e. The fraction of sp³-hybridized carbons (Fsp3) is 1.00. The Hall–Kier alpha value is -0.160. The monoisotopic (exact) mass is 232 g/mol. The Labute approximate surface area is 99.8 Å². The van der Waals surface area contributed by atoms with E-state index in [0.717, 1.165) is 18.8 Å². The summed E-state index contributed by atoms with van der Waals surface area (Å²) in [4.78, 5) is 0. The lowest BCUT2D eigenvalue weighted by Crippen LogP contribution is -2.46. The molecular weight excluding hydrogens is 204 g/mol. The minimum absolute atomic E-state index is 0.0821. The molecule has 0 fully saturated rings. The van der Waals surface area contributed by atoms with E-state index in [2.05, 4.69) is 19.3 Å². The number of ether oxygens (including phenoxy) is 2. The van der Waals surface area contributed by atoms with Gasteiger partial charge in [-0.25, -0.2) is 0 Å². The fourth-order valence-electron chi connectivity index (χ4n) is 1.65. The first kappa shape index (κ1) is 15.8. The number of nitrogens with two attached hydrogens (primary N) is 1. The van der Waals surface area contributed by atoms with Crippen molar-refractivity contribution in [2.75, 3.05) is 13.2 Å². The molecule has 0 aromatic heterocycles. The van der Waals surface area contributed by atoms with Gasteiger partial charge in [0.15, 0.2) is 6.29 Å². The normalized spacial score (nSPS) is 13.7. The van der Waals surface area contributed by atoms with E-state index in [4.69, 9.17) is 15.3 Å². The molecule has 98 valence electrons. The number of rotatable bonds is 10. The molecule has 1 atom stereocenters. The molecule has 0 aliphatic carbocycles. The second-order valence-corrected chi connectivity index (χ2v) is 4.38. The molecule has 3 N–H and O–H groups in total. The van der Waals surface area contributed by atoms with Gasteiger partial charge in [-0.15, -0.1) is 0 Å². The minimum Gasteiger partial charge on any atom is -0.351 e. The Balaban J connectivity index is 3.98. The van der Waals surface area contributed by atoms with Crippen LogP contribution in [-0.2, 0) is 9.47 Å². The third kappa shape index (κ3) is 7.17. The summed E-state index contributed by atoms with van der Waals surface area (Å²) in [7, 11) is 0. The molecule has 0 rings (SSSR count). The Morgan fingerprint density at radius 3 is 2.00 bits per heavy atom. The second-order valence-electron chi connectivity index (χ2n) is 4.38. The van der Waals surface area contributed by atoms with Crippen LogP contribution in [0.5, 0.6) is 0 Å². The predicted octanol–water partition coefficient (Wildman–Crippen LogP) is 2.04. The molecule has 16 heavy (non-hydrogen) atoms. The summed E-state index contributed by atoms with van der Waals surface area (Å²) in [5, 5.41) is 0. The average Bonchev–Trinajstić information content (AvgIpc) is 2.24. The van der Waals surface area contributed by atoms with E-state index in [-0.39, 0.29) is 12.3 Å². The van der Waals surface area contributed by atoms with Gasteiger partial charge in [0.05, 0.1) is 6.04 Å². The van der Waals surface area contributed by atoms with E-state index in [9.17, 15) is 0 Å². The van der Waals surface area contributed by atoms with E-state index < -0.39 is 0 Å². The Morgan fingerprint density at radius 2 is 1.62 bits per heavy atom. The Morgan fingerprint density at radius 1 is 1.06 bits per heavy atom. The third-order valence-electron chi connectivity index (χ3n) is 2.50. The standard InChI is InChI=1S/C12H28N2O2/c1-5-15-12(16-6-2)11(14-13)9-7-8-10(3)4/h10-12,14H,5-9,13H2,1-4H3. The van der Waals surface area contributed by atoms with Gasteiger partial charge in [-0.2, -0.15) is 0 Å². The van der Waals surface area contributed by atoms with Gasteiger partial charge in [0.25, 0.3) is 0 Å². The zero-order chi connectivity index (χ0) is 12.4. The topological polar surface area (TPSA) is 56.5 Å². The first-order chi connectivity index (χ1) is 7.65. The molecule has 4 nitrogen and oxygen atoms in total. The molecule has 0 bridgehead atoms. The maximum atomic E-state index is 5.54. The molecule has 0 saturated heterocycles. The van der Waals surface area contributed by atoms with Gasteiger partial charge in [-0.3, -0.25) is 11.3 Å². The second kappa shape index (κ2) is 10.0. The van der Waals surface area contributed by atoms with E-state index in [0.29, 0.717) is 13.2 Å². The molecule has 0 spiro atoms. The van der Waals surface area contributed by atoms with Crippen LogP contribution in [0.15, 0.2) is 0 Å². The maximum Gasteiger partial charge on any atom is 0.173 e. The Bertz CT molecular complexity index is 148. The maximum absolute atomic E-state index is 5.54. The van der Waals surface area contributed by atoms with Crippen molar-refractivity contribution in [2.24, 2.45) is 11.8 Å². The van der Waals surface area contributed by atoms with Crippen LogP contribution in [0.4, 0.5) is 0 Å². The molecule has 0 saturated carbocycles. The van der Waals surface area contributed by atoms with Crippen molar-refractivity contribution in [3.8, 4) is 0 Å². The number of hydrogen-bond donors (Lipinski definition) is 2. The first-order valence-electron chi connectivity index (χ1n) is 6.34. The lowest BCUT2D eigenvalue weighted by molar-refractivity contribution is -0.155. The Kier molecular flexibility index (Phi) is 9.92. The summed E-state index contributed by atoms with van der Waals surface area (Å²) in [6.45, 7) is 9.68. The van der Waals surface area contributed by atoms with Crippen LogP contribution < -0.4 is 11.3 Å². The average molecular weight is 232 g/mol. The zero-order valence-corrected chi connectivity index (χ0v) is 11.2. The molecule has 0 heterocycles. The van der Waals surface area contributed by atoms with Gasteiger partial charge in [-0.05, 0) is 26.2 Å². The molecule has 0 aliphatic heterocycles. The summed E-state index contributed by atoms with van der Waals surface area (Å²) < 4.78 is 11.1. The SMILES string of the molecule is CCOC(OCC)C(CCCC(C)C)NN. The highest BCUT2D eigenvalue weighted by Gasteiger charge is 2.20. The van der Waals surface area contributed by atoms with Crippen LogP contribution in [0.25, 0.3) is 0 Å². The van der Waals surface area contributed by atoms with Gasteiger partial charge in [0, 0.05) is 13.2 Å². The molecule has 0 amide bonds. The molecule has 0 aromatic carbocycles.